The molecule has 1 aliphatic heterocycles. The molecule has 0 radical (unpaired) electrons. The summed E-state index contributed by atoms with van der Waals surface area (Å²) in [5.41, 5.74) is 5.93. The van der Waals surface area contributed by atoms with E-state index in [4.69, 9.17) is 23.8 Å². The van der Waals surface area contributed by atoms with E-state index in [2.05, 4.69) is 5.92 Å². The molecule has 2 rings (SSSR count). The molecule has 108 valence electrons. The van der Waals surface area contributed by atoms with E-state index < -0.39 is 10.0 Å². The van der Waals surface area contributed by atoms with Crippen LogP contribution in [0.2, 0.25) is 5.02 Å². The van der Waals surface area contributed by atoms with Gasteiger partial charge < -0.3 is 5.73 Å². The number of sulfonamides is 1. The van der Waals surface area contributed by atoms with Crippen molar-refractivity contribution in [3.8, 4) is 12.3 Å². The Morgan fingerprint density at radius 2 is 1.95 bits per heavy atom. The molecule has 2 N–H and O–H groups in total. The third-order valence-electron chi connectivity index (χ3n) is 3.25. The molecule has 1 saturated heterocycles. The van der Waals surface area contributed by atoms with Crippen LogP contribution in [0.15, 0.2) is 23.1 Å². The van der Waals surface area contributed by atoms with Crippen LogP contribution in [0.4, 0.5) is 5.69 Å². The Morgan fingerprint density at radius 3 is 2.50 bits per heavy atom. The standard InChI is InChI=1S/C13H16ClN3O2S/c1-2-5-16-6-8-17(9-7-16)20(18,19)11-3-4-12(14)13(15)10-11/h1,3-4,10H,5-9,15H2. The largest absolute Gasteiger partial charge is 0.397 e. The molecular formula is C13H16ClN3O2S. The van der Waals surface area contributed by atoms with Gasteiger partial charge in [0.2, 0.25) is 10.0 Å². The number of nitrogens with two attached hydrogens (primary N) is 1. The Balaban J connectivity index is 2.16. The second kappa shape index (κ2) is 6.02. The second-order valence-electron chi connectivity index (χ2n) is 4.57. The zero-order valence-corrected chi connectivity index (χ0v) is 12.5. The average Bonchev–Trinajstić information content (AvgIpc) is 2.43. The van der Waals surface area contributed by atoms with Crippen LogP contribution < -0.4 is 5.73 Å². The number of hydrogen-bond acceptors (Lipinski definition) is 4. The van der Waals surface area contributed by atoms with Gasteiger partial charge >= 0.3 is 0 Å². The minimum atomic E-state index is -3.52. The van der Waals surface area contributed by atoms with E-state index in [0.29, 0.717) is 37.7 Å². The van der Waals surface area contributed by atoms with Crippen molar-refractivity contribution >= 4 is 27.3 Å². The van der Waals surface area contributed by atoms with Gasteiger partial charge in [0.15, 0.2) is 0 Å². The van der Waals surface area contributed by atoms with Crippen molar-refractivity contribution in [2.45, 2.75) is 4.90 Å². The van der Waals surface area contributed by atoms with Crippen LogP contribution >= 0.6 is 11.6 Å². The molecule has 7 heteroatoms. The summed E-state index contributed by atoms with van der Waals surface area (Å²) in [4.78, 5) is 2.22. The number of anilines is 1. The number of nitrogen functional groups attached to an aromatic ring is 1. The molecule has 1 heterocycles. The van der Waals surface area contributed by atoms with Crippen molar-refractivity contribution in [1.82, 2.24) is 9.21 Å². The summed E-state index contributed by atoms with van der Waals surface area (Å²) in [5.74, 6) is 2.56. The highest BCUT2D eigenvalue weighted by Crippen LogP contribution is 2.25. The molecule has 0 saturated carbocycles. The first-order chi connectivity index (χ1) is 9.45. The lowest BCUT2D eigenvalue weighted by Crippen LogP contribution is -2.48. The van der Waals surface area contributed by atoms with Crippen LogP contribution in [0.1, 0.15) is 0 Å². The minimum absolute atomic E-state index is 0.171. The lowest BCUT2D eigenvalue weighted by atomic mass is 10.3. The first-order valence-electron chi connectivity index (χ1n) is 6.16. The van der Waals surface area contributed by atoms with Gasteiger partial charge in [0.1, 0.15) is 0 Å². The maximum absolute atomic E-state index is 12.5. The van der Waals surface area contributed by atoms with Crippen LogP contribution in [0.25, 0.3) is 0 Å². The molecule has 1 fully saturated rings. The summed E-state index contributed by atoms with van der Waals surface area (Å²) in [6.07, 6.45) is 5.25. The monoisotopic (exact) mass is 313 g/mol. The number of rotatable bonds is 3. The fourth-order valence-corrected chi connectivity index (χ4v) is 3.66. The summed E-state index contributed by atoms with van der Waals surface area (Å²) >= 11 is 5.81. The topological polar surface area (TPSA) is 66.6 Å². The van der Waals surface area contributed by atoms with Crippen LogP contribution in [0.5, 0.6) is 0 Å². The van der Waals surface area contributed by atoms with E-state index in [9.17, 15) is 8.42 Å². The van der Waals surface area contributed by atoms with Gasteiger partial charge in [-0.25, -0.2) is 8.42 Å². The molecule has 0 amide bonds. The zero-order valence-electron chi connectivity index (χ0n) is 10.9. The van der Waals surface area contributed by atoms with Gasteiger partial charge in [0.05, 0.1) is 22.2 Å². The van der Waals surface area contributed by atoms with Crippen molar-refractivity contribution in [2.75, 3.05) is 38.5 Å². The Morgan fingerprint density at radius 1 is 1.30 bits per heavy atom. The highest BCUT2D eigenvalue weighted by Gasteiger charge is 2.28. The molecule has 0 aromatic heterocycles. The lowest BCUT2D eigenvalue weighted by Gasteiger charge is -2.32. The molecule has 1 aromatic rings. The molecule has 0 atom stereocenters. The fourth-order valence-electron chi connectivity index (χ4n) is 2.09. The molecule has 1 aromatic carbocycles. The van der Waals surface area contributed by atoms with Gasteiger partial charge in [-0.15, -0.1) is 6.42 Å². The smallest absolute Gasteiger partial charge is 0.243 e. The van der Waals surface area contributed by atoms with Crippen molar-refractivity contribution in [2.24, 2.45) is 0 Å². The maximum Gasteiger partial charge on any atom is 0.243 e. The van der Waals surface area contributed by atoms with Gasteiger partial charge in [-0.1, -0.05) is 17.5 Å². The van der Waals surface area contributed by atoms with Crippen molar-refractivity contribution < 1.29 is 8.42 Å². The van der Waals surface area contributed by atoms with Crippen LogP contribution in [-0.2, 0) is 10.0 Å². The van der Waals surface area contributed by atoms with Gasteiger partial charge in [-0.2, -0.15) is 4.31 Å². The number of piperazine rings is 1. The summed E-state index contributed by atoms with van der Waals surface area (Å²) in [6.45, 7) is 2.65. The number of nitrogens with zero attached hydrogens (tertiary/aromatic N) is 2. The third kappa shape index (κ3) is 3.07. The Bertz CT molecular complexity index is 632. The fraction of sp³-hybridized carbons (Fsp3) is 0.385. The normalized spacial score (nSPS) is 17.8. The number of benzene rings is 1. The van der Waals surface area contributed by atoms with Crippen LogP contribution in [-0.4, -0.2) is 50.3 Å². The molecular weight excluding hydrogens is 298 g/mol. The SMILES string of the molecule is C#CCN1CCN(S(=O)(=O)c2ccc(Cl)c(N)c2)CC1. The molecule has 0 bridgehead atoms. The summed E-state index contributed by atoms with van der Waals surface area (Å²) in [5, 5.41) is 0.350. The Hall–Kier alpha value is -1.26. The van der Waals surface area contributed by atoms with E-state index in [0.717, 1.165) is 0 Å². The molecule has 0 spiro atoms. The van der Waals surface area contributed by atoms with Crippen LogP contribution in [0, 0.1) is 12.3 Å². The van der Waals surface area contributed by atoms with E-state index in [-0.39, 0.29) is 10.6 Å². The number of halogens is 1. The first-order valence-corrected chi connectivity index (χ1v) is 7.98. The van der Waals surface area contributed by atoms with Crippen molar-refractivity contribution in [1.29, 1.82) is 0 Å². The second-order valence-corrected chi connectivity index (χ2v) is 6.91. The van der Waals surface area contributed by atoms with E-state index in [1.54, 1.807) is 0 Å². The van der Waals surface area contributed by atoms with Crippen molar-refractivity contribution in [3.63, 3.8) is 0 Å². The third-order valence-corrected chi connectivity index (χ3v) is 5.49. The number of terminal acetylenes is 1. The van der Waals surface area contributed by atoms with Gasteiger partial charge in [0, 0.05) is 26.2 Å². The lowest BCUT2D eigenvalue weighted by molar-refractivity contribution is 0.207. The van der Waals surface area contributed by atoms with Gasteiger partial charge in [-0.3, -0.25) is 4.90 Å². The van der Waals surface area contributed by atoms with Gasteiger partial charge in [0.25, 0.3) is 0 Å². The first kappa shape index (κ1) is 15.1. The number of hydrogen-bond donors (Lipinski definition) is 1. The quantitative estimate of drug-likeness (QED) is 0.664. The highest BCUT2D eigenvalue weighted by molar-refractivity contribution is 7.89. The van der Waals surface area contributed by atoms with E-state index in [1.165, 1.54) is 22.5 Å². The molecule has 20 heavy (non-hydrogen) atoms. The summed E-state index contributed by atoms with van der Waals surface area (Å²) in [6, 6.07) is 4.37. The Labute approximate surface area is 124 Å². The van der Waals surface area contributed by atoms with Gasteiger partial charge in [-0.05, 0) is 18.2 Å². The van der Waals surface area contributed by atoms with E-state index >= 15 is 0 Å². The minimum Gasteiger partial charge on any atom is -0.397 e. The summed E-state index contributed by atoms with van der Waals surface area (Å²) < 4.78 is 26.4. The highest BCUT2D eigenvalue weighted by atomic mass is 35.5. The van der Waals surface area contributed by atoms with E-state index in [1.807, 2.05) is 4.90 Å². The summed E-state index contributed by atoms with van der Waals surface area (Å²) in [7, 11) is -3.52. The maximum atomic E-state index is 12.5. The van der Waals surface area contributed by atoms with Crippen molar-refractivity contribution in [3.05, 3.63) is 23.2 Å². The molecule has 0 aliphatic carbocycles. The molecule has 5 nitrogen and oxygen atoms in total. The van der Waals surface area contributed by atoms with Crippen LogP contribution in [0.3, 0.4) is 0 Å². The predicted octanol–water partition coefficient (Wildman–Crippen LogP) is 0.862. The Kier molecular flexibility index (Phi) is 4.55. The average molecular weight is 314 g/mol. The predicted molar refractivity (Wildman–Crippen MR) is 79.9 cm³/mol. The zero-order chi connectivity index (χ0) is 14.8. The molecule has 1 aliphatic rings. The molecule has 0 unspecified atom stereocenters.